The number of tetrazole rings is 1. The maximum atomic E-state index is 4.48. The van der Waals surface area contributed by atoms with E-state index in [1.165, 1.54) is 24.9 Å². The molecule has 7 nitrogen and oxygen atoms in total. The molecule has 7 heteroatoms. The first-order valence-corrected chi connectivity index (χ1v) is 10.6. The van der Waals surface area contributed by atoms with Crippen molar-refractivity contribution in [3.05, 3.63) is 71.8 Å². The van der Waals surface area contributed by atoms with E-state index in [1.807, 2.05) is 29.2 Å². The van der Waals surface area contributed by atoms with Gasteiger partial charge >= 0.3 is 0 Å². The smallest absolute Gasteiger partial charge is 0.173 e. The molecular weight excluding hydrogens is 362 g/mol. The molecule has 4 heterocycles. The van der Waals surface area contributed by atoms with Crippen LogP contribution in [0.2, 0.25) is 0 Å². The Bertz CT molecular complexity index is 911. The molecule has 0 radical (unpaired) electrons. The molecule has 0 amide bonds. The van der Waals surface area contributed by atoms with Gasteiger partial charge in [0.25, 0.3) is 0 Å². The molecule has 0 unspecified atom stereocenters. The van der Waals surface area contributed by atoms with Crippen LogP contribution in [0.15, 0.2) is 54.9 Å². The number of rotatable bonds is 6. The highest BCUT2D eigenvalue weighted by atomic mass is 15.6. The first-order chi connectivity index (χ1) is 14.4. The van der Waals surface area contributed by atoms with Crippen LogP contribution in [0.1, 0.15) is 35.8 Å². The van der Waals surface area contributed by atoms with Crippen molar-refractivity contribution >= 4 is 0 Å². The van der Waals surface area contributed by atoms with E-state index in [0.29, 0.717) is 6.04 Å². The fraction of sp³-hybridized carbons (Fsp3) is 0.455. The van der Waals surface area contributed by atoms with Crippen LogP contribution in [-0.4, -0.2) is 67.2 Å². The van der Waals surface area contributed by atoms with E-state index in [2.05, 4.69) is 60.6 Å². The molecule has 2 fully saturated rings. The SMILES string of the molecule is c1ccc(CCn2nnnc2[C@H](c2cccnc2)N2CCN3CCC[C@@H]3C2)cc1. The second kappa shape index (κ2) is 8.39. The summed E-state index contributed by atoms with van der Waals surface area (Å²) < 4.78 is 1.98. The highest BCUT2D eigenvalue weighted by Crippen LogP contribution is 2.31. The van der Waals surface area contributed by atoms with Crippen molar-refractivity contribution in [1.82, 2.24) is 35.0 Å². The van der Waals surface area contributed by atoms with Crippen LogP contribution in [0, 0.1) is 0 Å². The van der Waals surface area contributed by atoms with Crippen molar-refractivity contribution in [3.8, 4) is 0 Å². The Hall–Kier alpha value is -2.64. The van der Waals surface area contributed by atoms with Crippen LogP contribution in [-0.2, 0) is 13.0 Å². The molecule has 1 aromatic carbocycles. The zero-order valence-corrected chi connectivity index (χ0v) is 16.6. The quantitative estimate of drug-likeness (QED) is 0.644. The number of aromatic nitrogens is 5. The van der Waals surface area contributed by atoms with E-state index in [-0.39, 0.29) is 6.04 Å². The largest absolute Gasteiger partial charge is 0.298 e. The lowest BCUT2D eigenvalue weighted by Crippen LogP contribution is -2.51. The third-order valence-corrected chi connectivity index (χ3v) is 6.24. The lowest BCUT2D eigenvalue weighted by molar-refractivity contribution is 0.0791. The first-order valence-electron chi connectivity index (χ1n) is 10.6. The number of hydrogen-bond acceptors (Lipinski definition) is 6. The van der Waals surface area contributed by atoms with Gasteiger partial charge in [0, 0.05) is 44.6 Å². The molecule has 5 rings (SSSR count). The van der Waals surface area contributed by atoms with Gasteiger partial charge in [0.1, 0.15) is 0 Å². The summed E-state index contributed by atoms with van der Waals surface area (Å²) >= 11 is 0. The standard InChI is InChI=1S/C22H27N7/c1-2-6-18(7-3-1)10-13-29-22(24-25-26-29)21(19-8-4-11-23-16-19)28-15-14-27-12-5-9-20(27)17-28/h1-4,6-8,11,16,20-21H,5,9-10,12-15,17H2/t20-,21+/m1/s1. The lowest BCUT2D eigenvalue weighted by Gasteiger charge is -2.41. The Morgan fingerprint density at radius 1 is 1.03 bits per heavy atom. The number of nitrogens with zero attached hydrogens (tertiary/aromatic N) is 7. The summed E-state index contributed by atoms with van der Waals surface area (Å²) in [4.78, 5) is 9.57. The number of aryl methyl sites for hydroxylation is 2. The third kappa shape index (κ3) is 3.93. The molecule has 2 aliphatic rings. The molecule has 0 spiro atoms. The molecule has 150 valence electrons. The van der Waals surface area contributed by atoms with Crippen molar-refractivity contribution in [2.24, 2.45) is 0 Å². The topological polar surface area (TPSA) is 63.0 Å². The summed E-state index contributed by atoms with van der Waals surface area (Å²) in [5, 5.41) is 12.9. The van der Waals surface area contributed by atoms with Crippen molar-refractivity contribution in [1.29, 1.82) is 0 Å². The van der Waals surface area contributed by atoms with E-state index < -0.39 is 0 Å². The van der Waals surface area contributed by atoms with Gasteiger partial charge in [-0.3, -0.25) is 14.8 Å². The molecule has 3 aromatic rings. The maximum absolute atomic E-state index is 4.48. The van der Waals surface area contributed by atoms with Crippen LogP contribution in [0.5, 0.6) is 0 Å². The minimum Gasteiger partial charge on any atom is -0.298 e. The molecule has 0 saturated carbocycles. The lowest BCUT2D eigenvalue weighted by atomic mass is 10.0. The Morgan fingerprint density at radius 2 is 1.97 bits per heavy atom. The van der Waals surface area contributed by atoms with E-state index in [1.54, 1.807) is 0 Å². The first kappa shape index (κ1) is 18.4. The van der Waals surface area contributed by atoms with E-state index >= 15 is 0 Å². The molecule has 29 heavy (non-hydrogen) atoms. The fourth-order valence-electron chi connectivity index (χ4n) is 4.76. The van der Waals surface area contributed by atoms with Gasteiger partial charge in [0.15, 0.2) is 5.82 Å². The summed E-state index contributed by atoms with van der Waals surface area (Å²) in [6.45, 7) is 5.22. The van der Waals surface area contributed by atoms with Gasteiger partial charge in [-0.2, -0.15) is 0 Å². The third-order valence-electron chi connectivity index (χ3n) is 6.24. The zero-order valence-electron chi connectivity index (χ0n) is 16.6. The van der Waals surface area contributed by atoms with E-state index in [9.17, 15) is 0 Å². The van der Waals surface area contributed by atoms with Crippen LogP contribution in [0.25, 0.3) is 0 Å². The van der Waals surface area contributed by atoms with Gasteiger partial charge < -0.3 is 0 Å². The number of piperazine rings is 1. The summed E-state index contributed by atoms with van der Waals surface area (Å²) in [5.41, 5.74) is 2.46. The number of pyridine rings is 1. The minimum absolute atomic E-state index is 0.0391. The molecular formula is C22H27N7. The number of hydrogen-bond donors (Lipinski definition) is 0. The molecule has 0 bridgehead atoms. The normalized spacial score (nSPS) is 21.2. The highest BCUT2D eigenvalue weighted by Gasteiger charge is 2.36. The Morgan fingerprint density at radius 3 is 2.83 bits per heavy atom. The zero-order chi connectivity index (χ0) is 19.5. The predicted octanol–water partition coefficient (Wildman–Crippen LogP) is 2.18. The van der Waals surface area contributed by atoms with Crippen molar-refractivity contribution in [2.45, 2.75) is 37.9 Å². The van der Waals surface area contributed by atoms with Crippen molar-refractivity contribution < 1.29 is 0 Å². The van der Waals surface area contributed by atoms with E-state index in [4.69, 9.17) is 0 Å². The molecule has 2 aromatic heterocycles. The molecule has 2 saturated heterocycles. The fourth-order valence-corrected chi connectivity index (χ4v) is 4.76. The predicted molar refractivity (Wildman–Crippen MR) is 110 cm³/mol. The highest BCUT2D eigenvalue weighted by molar-refractivity contribution is 5.22. The van der Waals surface area contributed by atoms with Crippen LogP contribution in [0.4, 0.5) is 0 Å². The summed E-state index contributed by atoms with van der Waals surface area (Å²) in [5.74, 6) is 0.917. The van der Waals surface area contributed by atoms with Crippen LogP contribution in [0.3, 0.4) is 0 Å². The van der Waals surface area contributed by atoms with Gasteiger partial charge in [-0.05, 0) is 53.4 Å². The Labute approximate surface area is 171 Å². The van der Waals surface area contributed by atoms with Gasteiger partial charge in [-0.25, -0.2) is 4.68 Å². The summed E-state index contributed by atoms with van der Waals surface area (Å²) in [6.07, 6.45) is 7.30. The van der Waals surface area contributed by atoms with Gasteiger partial charge in [-0.15, -0.1) is 5.10 Å². The van der Waals surface area contributed by atoms with Gasteiger partial charge in [-0.1, -0.05) is 36.4 Å². The molecule has 2 atom stereocenters. The monoisotopic (exact) mass is 389 g/mol. The maximum Gasteiger partial charge on any atom is 0.173 e. The molecule has 0 aliphatic carbocycles. The number of fused-ring (bicyclic) bond motifs is 1. The van der Waals surface area contributed by atoms with Crippen molar-refractivity contribution in [2.75, 3.05) is 26.2 Å². The van der Waals surface area contributed by atoms with Gasteiger partial charge in [0.2, 0.25) is 0 Å². The van der Waals surface area contributed by atoms with Crippen LogP contribution >= 0.6 is 0 Å². The van der Waals surface area contributed by atoms with Crippen LogP contribution < -0.4 is 0 Å². The van der Waals surface area contributed by atoms with Gasteiger partial charge in [0.05, 0.1) is 6.04 Å². The summed E-state index contributed by atoms with van der Waals surface area (Å²) in [7, 11) is 0. The molecule has 2 aliphatic heterocycles. The summed E-state index contributed by atoms with van der Waals surface area (Å²) in [6, 6.07) is 15.4. The average molecular weight is 390 g/mol. The second-order valence-corrected chi connectivity index (χ2v) is 8.01. The Balaban J connectivity index is 1.42. The average Bonchev–Trinajstić information content (AvgIpc) is 3.43. The Kier molecular flexibility index (Phi) is 5.32. The van der Waals surface area contributed by atoms with Crippen molar-refractivity contribution in [3.63, 3.8) is 0 Å². The second-order valence-electron chi connectivity index (χ2n) is 8.01. The minimum atomic E-state index is 0.0391. The molecule has 0 N–H and O–H groups in total. The van der Waals surface area contributed by atoms with E-state index in [0.717, 1.165) is 44.0 Å². The number of benzene rings is 1.